The predicted molar refractivity (Wildman–Crippen MR) is 91.0 cm³/mol. The van der Waals surface area contributed by atoms with Gasteiger partial charge in [-0.2, -0.15) is 5.06 Å². The van der Waals surface area contributed by atoms with Crippen LogP contribution in [0.3, 0.4) is 0 Å². The van der Waals surface area contributed by atoms with Gasteiger partial charge in [0.25, 0.3) is 11.8 Å². The topological polar surface area (TPSA) is 173 Å². The summed E-state index contributed by atoms with van der Waals surface area (Å²) in [7, 11) is 0. The lowest BCUT2D eigenvalue weighted by atomic mass is 10.1. The van der Waals surface area contributed by atoms with E-state index in [9.17, 15) is 19.2 Å². The summed E-state index contributed by atoms with van der Waals surface area (Å²) in [6.07, 6.45) is -0.693. The number of nitrogens with zero attached hydrogens (tertiary/aromatic N) is 1. The number of rotatable bonds is 9. The Morgan fingerprint density at radius 3 is 2.00 bits per heavy atom. The molecule has 0 spiro atoms. The van der Waals surface area contributed by atoms with E-state index < -0.39 is 48.9 Å². The molecule has 0 bridgehead atoms. The Morgan fingerprint density at radius 2 is 1.50 bits per heavy atom. The molecule has 0 aliphatic carbocycles. The van der Waals surface area contributed by atoms with E-state index in [4.69, 9.17) is 21.7 Å². The molecule has 0 aliphatic heterocycles. The van der Waals surface area contributed by atoms with Crippen molar-refractivity contribution in [2.45, 2.75) is 24.9 Å². The number of carboxylic acid groups (broad SMARTS) is 2. The normalized spacial score (nSPS) is 12.4. The second kappa shape index (κ2) is 11.2. The largest absolute Gasteiger partial charge is 0.481 e. The average molecular weight is 390 g/mol. The lowest BCUT2D eigenvalue weighted by Gasteiger charge is -2.24. The van der Waals surface area contributed by atoms with Gasteiger partial charge in [0, 0.05) is 0 Å². The molecule has 0 aromatic heterocycles. The molecular formula is C15H20ClN3O7. The van der Waals surface area contributed by atoms with Crippen LogP contribution < -0.4 is 11.5 Å². The number of aliphatic carboxylic acids is 2. The van der Waals surface area contributed by atoms with Gasteiger partial charge in [0.2, 0.25) is 0 Å². The zero-order valence-corrected chi connectivity index (χ0v) is 14.4. The molecule has 0 saturated heterocycles. The van der Waals surface area contributed by atoms with Gasteiger partial charge >= 0.3 is 11.9 Å². The SMILES string of the molecule is Cl.N[C@@H](CC(=O)O)C(=O)N(OCC(=O)O)C(=O)[C@@H](N)Cc1ccccc1. The van der Waals surface area contributed by atoms with E-state index in [1.807, 2.05) is 0 Å². The Balaban J connectivity index is 0.00000625. The second-order valence-electron chi connectivity index (χ2n) is 5.14. The fraction of sp³-hybridized carbons (Fsp3) is 0.333. The number of halogens is 1. The maximum atomic E-state index is 12.4. The number of carboxylic acids is 2. The van der Waals surface area contributed by atoms with Gasteiger partial charge in [0.1, 0.15) is 0 Å². The minimum atomic E-state index is -1.58. The van der Waals surface area contributed by atoms with Crippen LogP contribution in [0.1, 0.15) is 12.0 Å². The Bertz CT molecular complexity index is 641. The average Bonchev–Trinajstić information content (AvgIpc) is 2.54. The summed E-state index contributed by atoms with van der Waals surface area (Å²) < 4.78 is 0. The molecule has 10 nitrogen and oxygen atoms in total. The zero-order valence-electron chi connectivity index (χ0n) is 13.6. The minimum Gasteiger partial charge on any atom is -0.481 e. The molecule has 0 aliphatic rings. The highest BCUT2D eigenvalue weighted by molar-refractivity contribution is 5.99. The van der Waals surface area contributed by atoms with Gasteiger partial charge in [0.15, 0.2) is 6.61 Å². The molecule has 26 heavy (non-hydrogen) atoms. The molecule has 11 heteroatoms. The van der Waals surface area contributed by atoms with Gasteiger partial charge in [0.05, 0.1) is 18.5 Å². The summed E-state index contributed by atoms with van der Waals surface area (Å²) in [5.41, 5.74) is 11.9. The molecule has 2 atom stereocenters. The van der Waals surface area contributed by atoms with E-state index in [1.54, 1.807) is 30.3 Å². The fourth-order valence-corrected chi connectivity index (χ4v) is 1.89. The van der Waals surface area contributed by atoms with Crippen LogP contribution in [0.25, 0.3) is 0 Å². The van der Waals surface area contributed by atoms with E-state index >= 15 is 0 Å². The maximum absolute atomic E-state index is 12.4. The number of carbonyl (C=O) groups excluding carboxylic acids is 2. The first kappa shape index (κ1) is 23.5. The van der Waals surface area contributed by atoms with E-state index in [1.165, 1.54) is 0 Å². The molecule has 1 rings (SSSR count). The zero-order chi connectivity index (χ0) is 19.0. The maximum Gasteiger partial charge on any atom is 0.332 e. The Morgan fingerprint density at radius 1 is 0.962 bits per heavy atom. The number of benzene rings is 1. The first-order valence-electron chi connectivity index (χ1n) is 7.21. The van der Waals surface area contributed by atoms with E-state index in [-0.39, 0.29) is 23.9 Å². The van der Waals surface area contributed by atoms with Crippen molar-refractivity contribution in [3.05, 3.63) is 35.9 Å². The van der Waals surface area contributed by atoms with Crippen LogP contribution in [0, 0.1) is 0 Å². The van der Waals surface area contributed by atoms with Crippen LogP contribution in [0.5, 0.6) is 0 Å². The van der Waals surface area contributed by atoms with Crippen LogP contribution in [-0.4, -0.2) is 57.7 Å². The highest BCUT2D eigenvalue weighted by atomic mass is 35.5. The molecule has 1 aromatic rings. The number of hydrogen-bond acceptors (Lipinski definition) is 7. The number of nitrogens with two attached hydrogens (primary N) is 2. The second-order valence-corrected chi connectivity index (χ2v) is 5.14. The van der Waals surface area contributed by atoms with Crippen molar-refractivity contribution in [2.24, 2.45) is 11.5 Å². The number of hydrogen-bond donors (Lipinski definition) is 4. The van der Waals surface area contributed by atoms with Crippen molar-refractivity contribution in [2.75, 3.05) is 6.61 Å². The summed E-state index contributed by atoms with van der Waals surface area (Å²) in [6, 6.07) is 5.88. The van der Waals surface area contributed by atoms with Crippen LogP contribution >= 0.6 is 12.4 Å². The van der Waals surface area contributed by atoms with Crippen LogP contribution in [0.4, 0.5) is 0 Å². The van der Waals surface area contributed by atoms with Gasteiger partial charge in [-0.15, -0.1) is 12.4 Å². The van der Waals surface area contributed by atoms with Crippen molar-refractivity contribution >= 4 is 36.2 Å². The van der Waals surface area contributed by atoms with Crippen molar-refractivity contribution in [1.29, 1.82) is 0 Å². The third-order valence-electron chi connectivity index (χ3n) is 3.04. The van der Waals surface area contributed by atoms with Gasteiger partial charge in [-0.05, 0) is 12.0 Å². The number of imide groups is 1. The highest BCUT2D eigenvalue weighted by Crippen LogP contribution is 2.07. The lowest BCUT2D eigenvalue weighted by molar-refractivity contribution is -0.201. The third kappa shape index (κ3) is 7.57. The summed E-state index contributed by atoms with van der Waals surface area (Å²) >= 11 is 0. The van der Waals surface area contributed by atoms with E-state index in [2.05, 4.69) is 4.84 Å². The Kier molecular flexibility index (Phi) is 10.1. The summed E-state index contributed by atoms with van der Waals surface area (Å²) in [6.45, 7) is -0.991. The first-order chi connectivity index (χ1) is 11.7. The Labute approximate surface area is 155 Å². The quantitative estimate of drug-likeness (QED) is 0.392. The molecule has 2 amide bonds. The van der Waals surface area contributed by atoms with Crippen LogP contribution in [-0.2, 0) is 30.4 Å². The lowest BCUT2D eigenvalue weighted by Crippen LogP contribution is -2.53. The molecule has 0 unspecified atom stereocenters. The number of hydroxylamine groups is 2. The predicted octanol–water partition coefficient (Wildman–Crippen LogP) is -0.848. The smallest absolute Gasteiger partial charge is 0.332 e. The fourth-order valence-electron chi connectivity index (χ4n) is 1.89. The van der Waals surface area contributed by atoms with Gasteiger partial charge in [-0.3, -0.25) is 19.2 Å². The summed E-state index contributed by atoms with van der Waals surface area (Å²) in [5.74, 6) is -5.00. The summed E-state index contributed by atoms with van der Waals surface area (Å²) in [5, 5.41) is 17.5. The highest BCUT2D eigenvalue weighted by Gasteiger charge is 2.33. The Hall–Kier alpha value is -2.53. The van der Waals surface area contributed by atoms with Crippen molar-refractivity contribution in [3.8, 4) is 0 Å². The molecule has 0 radical (unpaired) electrons. The number of amides is 2. The molecule has 144 valence electrons. The molecule has 1 aromatic carbocycles. The monoisotopic (exact) mass is 389 g/mol. The number of carbonyl (C=O) groups is 4. The van der Waals surface area contributed by atoms with Crippen molar-refractivity contribution in [3.63, 3.8) is 0 Å². The van der Waals surface area contributed by atoms with Crippen LogP contribution in [0.15, 0.2) is 30.3 Å². The minimum absolute atomic E-state index is 0. The summed E-state index contributed by atoms with van der Waals surface area (Å²) in [4.78, 5) is 50.4. The molecule has 0 fully saturated rings. The molecule has 0 saturated carbocycles. The van der Waals surface area contributed by atoms with E-state index in [0.29, 0.717) is 5.56 Å². The molecular weight excluding hydrogens is 370 g/mol. The molecule has 0 heterocycles. The van der Waals surface area contributed by atoms with Gasteiger partial charge in [-0.25, -0.2) is 4.79 Å². The standard InChI is InChI=1S/C15H19N3O7.ClH/c16-10(6-9-4-2-1-3-5-9)14(23)18(25-8-13(21)22)15(24)11(17)7-12(19)20;/h1-5,10-11H,6-8,16-17H2,(H,19,20)(H,21,22);1H/t10-,11-;/m0./s1. The van der Waals surface area contributed by atoms with E-state index in [0.717, 1.165) is 0 Å². The van der Waals surface area contributed by atoms with Gasteiger partial charge in [-0.1, -0.05) is 30.3 Å². The van der Waals surface area contributed by atoms with Crippen molar-refractivity contribution < 1.29 is 34.2 Å². The third-order valence-corrected chi connectivity index (χ3v) is 3.04. The van der Waals surface area contributed by atoms with Gasteiger partial charge < -0.3 is 21.7 Å². The van der Waals surface area contributed by atoms with Crippen LogP contribution in [0.2, 0.25) is 0 Å². The van der Waals surface area contributed by atoms with Crippen molar-refractivity contribution in [1.82, 2.24) is 5.06 Å². The first-order valence-corrected chi connectivity index (χ1v) is 7.21. The molecule has 6 N–H and O–H groups in total.